The summed E-state index contributed by atoms with van der Waals surface area (Å²) in [6.07, 6.45) is 3.10. The molecular weight excluding hydrogens is 512 g/mol. The van der Waals surface area contributed by atoms with Crippen LogP contribution in [0.25, 0.3) is 33.4 Å². The molecule has 192 valence electrons. The molecule has 3 aromatic heterocycles. The summed E-state index contributed by atoms with van der Waals surface area (Å²) in [5.74, 6) is 0.499. The molecule has 4 aromatic rings. The van der Waals surface area contributed by atoms with E-state index in [1.165, 1.54) is 8.87 Å². The van der Waals surface area contributed by atoms with Gasteiger partial charge in [0, 0.05) is 65.7 Å². The van der Waals surface area contributed by atoms with Crippen LogP contribution in [-0.4, -0.2) is 58.1 Å². The number of pyridine rings is 2. The Morgan fingerprint density at radius 2 is 1.89 bits per heavy atom. The first kappa shape index (κ1) is 25.3. The second-order valence-electron chi connectivity index (χ2n) is 9.02. The lowest BCUT2D eigenvalue weighted by atomic mass is 10.0. The normalized spacial score (nSPS) is 15.6. The Hall–Kier alpha value is -3.34. The van der Waals surface area contributed by atoms with E-state index < -0.39 is 10.0 Å². The Labute approximate surface area is 220 Å². The fourth-order valence-electron chi connectivity index (χ4n) is 4.58. The molecule has 0 atom stereocenters. The van der Waals surface area contributed by atoms with Gasteiger partial charge in [0.25, 0.3) is 5.56 Å². The van der Waals surface area contributed by atoms with Crippen molar-refractivity contribution in [3.05, 3.63) is 69.7 Å². The molecule has 37 heavy (non-hydrogen) atoms. The molecule has 1 aliphatic heterocycles. The quantitative estimate of drug-likeness (QED) is 0.396. The third-order valence-corrected chi connectivity index (χ3v) is 8.79. The predicted octanol–water partition coefficient (Wildman–Crippen LogP) is 3.95. The molecule has 0 spiro atoms. The number of sulfonamides is 1. The Bertz CT molecular complexity index is 1650. The largest absolute Gasteiger partial charge is 0.357 e. The van der Waals surface area contributed by atoms with Crippen LogP contribution in [0.1, 0.15) is 18.5 Å². The minimum absolute atomic E-state index is 0.131. The summed E-state index contributed by atoms with van der Waals surface area (Å²) in [4.78, 5) is 27.2. The van der Waals surface area contributed by atoms with Crippen LogP contribution < -0.4 is 10.9 Å². The lowest BCUT2D eigenvalue weighted by Gasteiger charge is -2.26. The van der Waals surface area contributed by atoms with Crippen LogP contribution in [0.5, 0.6) is 0 Å². The zero-order valence-electron chi connectivity index (χ0n) is 20.6. The topological polar surface area (TPSA) is 110 Å². The van der Waals surface area contributed by atoms with Crippen LogP contribution in [0.15, 0.2) is 53.5 Å². The van der Waals surface area contributed by atoms with Crippen molar-refractivity contribution >= 4 is 38.6 Å². The maximum absolute atomic E-state index is 13.8. The second kappa shape index (κ2) is 10.2. The number of benzene rings is 1. The highest BCUT2D eigenvalue weighted by Crippen LogP contribution is 2.31. The summed E-state index contributed by atoms with van der Waals surface area (Å²) >= 11 is 6.71. The van der Waals surface area contributed by atoms with E-state index >= 15 is 0 Å². The molecule has 5 rings (SSSR count). The van der Waals surface area contributed by atoms with Crippen molar-refractivity contribution in [2.75, 3.05) is 31.2 Å². The standard InChI is InChI=1S/C26H27ClN6O3S/c1-17-6-5-7-23(30-17)18-8-9-20(22(27)15-18)21-14-19-16-29-26(28-2)31-24(19)33(25(21)34)12-11-32-10-3-4-13-37(32,35)36/h5-9,14-16H,3-4,10-13H2,1-2H3,(H,28,29,31). The third kappa shape index (κ3) is 5.09. The monoisotopic (exact) mass is 538 g/mol. The molecule has 1 aromatic carbocycles. The number of hydrogen-bond donors (Lipinski definition) is 1. The Kier molecular flexibility index (Phi) is 6.98. The molecule has 1 saturated heterocycles. The summed E-state index contributed by atoms with van der Waals surface area (Å²) in [7, 11) is -1.63. The van der Waals surface area contributed by atoms with Gasteiger partial charge in [-0.1, -0.05) is 29.8 Å². The summed E-state index contributed by atoms with van der Waals surface area (Å²) in [6.45, 7) is 2.72. The van der Waals surface area contributed by atoms with Crippen LogP contribution in [-0.2, 0) is 16.6 Å². The average molecular weight is 539 g/mol. The first-order chi connectivity index (χ1) is 17.8. The Morgan fingerprint density at radius 3 is 2.62 bits per heavy atom. The van der Waals surface area contributed by atoms with Crippen molar-refractivity contribution in [3.8, 4) is 22.4 Å². The summed E-state index contributed by atoms with van der Waals surface area (Å²) in [6, 6.07) is 13.0. The number of rotatable bonds is 6. The number of halogens is 1. The SMILES string of the molecule is CNc1ncc2cc(-c3ccc(-c4cccc(C)n4)cc3Cl)c(=O)n(CCN3CCCCS3(=O)=O)c2n1. The predicted molar refractivity (Wildman–Crippen MR) is 146 cm³/mol. The molecule has 9 nitrogen and oxygen atoms in total. The van der Waals surface area contributed by atoms with E-state index in [2.05, 4.69) is 20.3 Å². The van der Waals surface area contributed by atoms with Gasteiger partial charge in [0.2, 0.25) is 16.0 Å². The highest BCUT2D eigenvalue weighted by Gasteiger charge is 2.26. The summed E-state index contributed by atoms with van der Waals surface area (Å²) < 4.78 is 28.0. The molecule has 1 N–H and O–H groups in total. The van der Waals surface area contributed by atoms with Gasteiger partial charge in [-0.15, -0.1) is 0 Å². The first-order valence-electron chi connectivity index (χ1n) is 12.1. The summed E-state index contributed by atoms with van der Waals surface area (Å²) in [5.41, 5.74) is 3.62. The van der Waals surface area contributed by atoms with E-state index in [4.69, 9.17) is 11.6 Å². The number of anilines is 1. The molecule has 1 fully saturated rings. The van der Waals surface area contributed by atoms with Crippen LogP contribution >= 0.6 is 11.6 Å². The van der Waals surface area contributed by atoms with Gasteiger partial charge in [0.05, 0.1) is 11.4 Å². The molecule has 0 bridgehead atoms. The smallest absolute Gasteiger partial charge is 0.260 e. The van der Waals surface area contributed by atoms with Gasteiger partial charge >= 0.3 is 0 Å². The first-order valence-corrected chi connectivity index (χ1v) is 14.1. The van der Waals surface area contributed by atoms with Gasteiger partial charge in [-0.25, -0.2) is 17.7 Å². The van der Waals surface area contributed by atoms with Crippen LogP contribution in [0.4, 0.5) is 5.95 Å². The molecule has 11 heteroatoms. The van der Waals surface area contributed by atoms with E-state index in [1.807, 2.05) is 37.3 Å². The van der Waals surface area contributed by atoms with Crippen LogP contribution in [0.2, 0.25) is 5.02 Å². The van der Waals surface area contributed by atoms with E-state index in [0.29, 0.717) is 46.1 Å². The van der Waals surface area contributed by atoms with Crippen molar-refractivity contribution in [1.29, 1.82) is 0 Å². The molecule has 4 heterocycles. The lowest BCUT2D eigenvalue weighted by molar-refractivity contribution is 0.368. The number of nitrogens with one attached hydrogen (secondary N) is 1. The minimum atomic E-state index is -3.33. The highest BCUT2D eigenvalue weighted by molar-refractivity contribution is 7.89. The number of hydrogen-bond acceptors (Lipinski definition) is 7. The highest BCUT2D eigenvalue weighted by atomic mass is 35.5. The minimum Gasteiger partial charge on any atom is -0.357 e. The van der Waals surface area contributed by atoms with Gasteiger partial charge in [-0.3, -0.25) is 14.3 Å². The molecular formula is C26H27ClN6O3S. The fraction of sp³-hybridized carbons (Fsp3) is 0.308. The van der Waals surface area contributed by atoms with Gasteiger partial charge in [-0.05, 0) is 44.0 Å². The van der Waals surface area contributed by atoms with Crippen molar-refractivity contribution in [2.45, 2.75) is 26.3 Å². The van der Waals surface area contributed by atoms with E-state index in [-0.39, 0.29) is 24.4 Å². The van der Waals surface area contributed by atoms with Gasteiger partial charge in [0.1, 0.15) is 5.65 Å². The molecule has 0 radical (unpaired) electrons. The Balaban J connectivity index is 1.60. The molecule has 0 aliphatic carbocycles. The van der Waals surface area contributed by atoms with Crippen molar-refractivity contribution in [3.63, 3.8) is 0 Å². The van der Waals surface area contributed by atoms with Crippen molar-refractivity contribution in [2.24, 2.45) is 0 Å². The molecule has 0 unspecified atom stereocenters. The van der Waals surface area contributed by atoms with Gasteiger partial charge < -0.3 is 5.32 Å². The molecule has 1 aliphatic rings. The van der Waals surface area contributed by atoms with Crippen molar-refractivity contribution < 1.29 is 8.42 Å². The van der Waals surface area contributed by atoms with Crippen molar-refractivity contribution in [1.82, 2.24) is 23.8 Å². The molecule has 0 saturated carbocycles. The maximum Gasteiger partial charge on any atom is 0.260 e. The van der Waals surface area contributed by atoms with Crippen LogP contribution in [0.3, 0.4) is 0 Å². The number of nitrogens with zero attached hydrogens (tertiary/aromatic N) is 5. The second-order valence-corrected chi connectivity index (χ2v) is 11.5. The van der Waals surface area contributed by atoms with E-state index in [9.17, 15) is 13.2 Å². The van der Waals surface area contributed by atoms with Crippen LogP contribution in [0, 0.1) is 6.92 Å². The maximum atomic E-state index is 13.8. The number of aryl methyl sites for hydroxylation is 1. The Morgan fingerprint density at radius 1 is 1.05 bits per heavy atom. The van der Waals surface area contributed by atoms with E-state index in [1.54, 1.807) is 25.4 Å². The fourth-order valence-corrected chi connectivity index (χ4v) is 6.46. The van der Waals surface area contributed by atoms with E-state index in [0.717, 1.165) is 23.4 Å². The molecule has 0 amide bonds. The number of fused-ring (bicyclic) bond motifs is 1. The van der Waals surface area contributed by atoms with Gasteiger partial charge in [0.15, 0.2) is 0 Å². The zero-order valence-corrected chi connectivity index (χ0v) is 22.2. The summed E-state index contributed by atoms with van der Waals surface area (Å²) in [5, 5.41) is 3.96. The lowest BCUT2D eigenvalue weighted by Crippen LogP contribution is -2.40. The third-order valence-electron chi connectivity index (χ3n) is 6.52. The average Bonchev–Trinajstić information content (AvgIpc) is 2.88. The van der Waals surface area contributed by atoms with Gasteiger partial charge in [-0.2, -0.15) is 4.98 Å². The number of aromatic nitrogens is 4. The zero-order chi connectivity index (χ0) is 26.2.